The standard InChI is InChI=1S/C45H33F6N3/c46-34-10-13-37(40(49)22-34)43-16-7-28(25-52-43)1-4-31-19-32(5-2-29-8-17-44(53-26-29)38-14-11-35(47)23-41(38)50)21-33(20-31)6-3-30-9-18-45(54-27-30)39-15-12-36(48)24-42(39)51/h7-27H,1-6H2. The molecule has 0 fully saturated rings. The molecule has 0 atom stereocenters. The Labute approximate surface area is 309 Å². The monoisotopic (exact) mass is 729 g/mol. The fourth-order valence-electron chi connectivity index (χ4n) is 6.43. The van der Waals surface area contributed by atoms with E-state index in [1.165, 1.54) is 36.4 Å². The fraction of sp³-hybridized carbons (Fsp3) is 0.133. The minimum absolute atomic E-state index is 0.236. The number of aryl methyl sites for hydroxylation is 6. The summed E-state index contributed by atoms with van der Waals surface area (Å²) in [5.41, 5.74) is 8.32. The first-order valence-corrected chi connectivity index (χ1v) is 17.5. The van der Waals surface area contributed by atoms with Gasteiger partial charge in [-0.05, 0) is 127 Å². The van der Waals surface area contributed by atoms with E-state index in [9.17, 15) is 26.3 Å². The van der Waals surface area contributed by atoms with Crippen LogP contribution in [0.3, 0.4) is 0 Å². The Bertz CT molecular complexity index is 2110. The van der Waals surface area contributed by atoms with Crippen molar-refractivity contribution in [2.75, 3.05) is 0 Å². The molecule has 0 radical (unpaired) electrons. The maximum Gasteiger partial charge on any atom is 0.135 e. The summed E-state index contributed by atoms with van der Waals surface area (Å²) in [6, 6.07) is 27.8. The van der Waals surface area contributed by atoms with Gasteiger partial charge in [-0.25, -0.2) is 26.3 Å². The Morgan fingerprint density at radius 2 is 0.574 bits per heavy atom. The first-order valence-electron chi connectivity index (χ1n) is 17.5. The molecular weight excluding hydrogens is 697 g/mol. The van der Waals surface area contributed by atoms with Crippen LogP contribution in [0.15, 0.2) is 128 Å². The topological polar surface area (TPSA) is 38.7 Å². The fourth-order valence-corrected chi connectivity index (χ4v) is 6.43. The van der Waals surface area contributed by atoms with Crippen molar-refractivity contribution in [3.8, 4) is 33.8 Å². The van der Waals surface area contributed by atoms with E-state index < -0.39 is 34.9 Å². The molecule has 3 heterocycles. The lowest BCUT2D eigenvalue weighted by Gasteiger charge is -2.12. The Balaban J connectivity index is 1.06. The molecule has 3 nitrogen and oxygen atoms in total. The first kappa shape index (κ1) is 36.3. The van der Waals surface area contributed by atoms with E-state index in [1.807, 2.05) is 18.2 Å². The number of aromatic nitrogens is 3. The zero-order chi connectivity index (χ0) is 37.6. The van der Waals surface area contributed by atoms with Crippen LogP contribution in [0.25, 0.3) is 33.8 Å². The number of rotatable bonds is 12. The van der Waals surface area contributed by atoms with Gasteiger partial charge < -0.3 is 0 Å². The smallest absolute Gasteiger partial charge is 0.135 e. The van der Waals surface area contributed by atoms with Gasteiger partial charge in [0.1, 0.15) is 34.9 Å². The maximum atomic E-state index is 14.3. The van der Waals surface area contributed by atoms with Crippen LogP contribution in [0.2, 0.25) is 0 Å². The van der Waals surface area contributed by atoms with Crippen molar-refractivity contribution in [1.29, 1.82) is 0 Å². The molecule has 0 saturated carbocycles. The van der Waals surface area contributed by atoms with E-state index >= 15 is 0 Å². The van der Waals surface area contributed by atoms with Gasteiger partial charge in [-0.1, -0.05) is 36.4 Å². The van der Waals surface area contributed by atoms with Gasteiger partial charge in [0.15, 0.2) is 0 Å². The van der Waals surface area contributed by atoms with Crippen LogP contribution in [0.1, 0.15) is 33.4 Å². The van der Waals surface area contributed by atoms with Gasteiger partial charge in [0.05, 0.1) is 17.1 Å². The van der Waals surface area contributed by atoms with E-state index in [4.69, 9.17) is 0 Å². The second kappa shape index (κ2) is 16.3. The van der Waals surface area contributed by atoms with E-state index in [-0.39, 0.29) is 16.7 Å². The summed E-state index contributed by atoms with van der Waals surface area (Å²) in [6.07, 6.45) is 9.41. The average molecular weight is 730 g/mol. The highest BCUT2D eigenvalue weighted by Gasteiger charge is 2.12. The van der Waals surface area contributed by atoms with Crippen LogP contribution in [-0.2, 0) is 38.5 Å². The number of pyridine rings is 3. The number of halogens is 6. The molecule has 0 aliphatic heterocycles. The summed E-state index contributed by atoms with van der Waals surface area (Å²) in [4.78, 5) is 13.3. The molecule has 0 aliphatic rings. The van der Waals surface area contributed by atoms with Crippen LogP contribution in [0.4, 0.5) is 26.3 Å². The molecule has 4 aromatic carbocycles. The van der Waals surface area contributed by atoms with E-state index in [0.29, 0.717) is 36.3 Å². The minimum atomic E-state index is -0.665. The summed E-state index contributed by atoms with van der Waals surface area (Å²) in [5, 5.41) is 0. The highest BCUT2D eigenvalue weighted by molar-refractivity contribution is 5.61. The quantitative estimate of drug-likeness (QED) is 0.118. The molecule has 0 unspecified atom stereocenters. The van der Waals surface area contributed by atoms with Gasteiger partial charge in [-0.3, -0.25) is 15.0 Å². The molecule has 0 aliphatic carbocycles. The predicted octanol–water partition coefficient (Wildman–Crippen LogP) is 11.1. The summed E-state index contributed by atoms with van der Waals surface area (Å²) in [6.45, 7) is 0. The van der Waals surface area contributed by atoms with Gasteiger partial charge in [0.2, 0.25) is 0 Å². The summed E-state index contributed by atoms with van der Waals surface area (Å²) in [7, 11) is 0. The molecule has 270 valence electrons. The van der Waals surface area contributed by atoms with Crippen LogP contribution >= 0.6 is 0 Å². The molecule has 0 bridgehead atoms. The van der Waals surface area contributed by atoms with Gasteiger partial charge in [-0.2, -0.15) is 0 Å². The highest BCUT2D eigenvalue weighted by Crippen LogP contribution is 2.26. The molecule has 54 heavy (non-hydrogen) atoms. The second-order valence-electron chi connectivity index (χ2n) is 13.2. The molecule has 0 amide bonds. The zero-order valence-electron chi connectivity index (χ0n) is 29.0. The molecule has 9 heteroatoms. The van der Waals surface area contributed by atoms with Crippen molar-refractivity contribution in [3.63, 3.8) is 0 Å². The molecular formula is C45H33F6N3. The van der Waals surface area contributed by atoms with Crippen molar-refractivity contribution in [2.45, 2.75) is 38.5 Å². The van der Waals surface area contributed by atoms with Crippen molar-refractivity contribution in [2.24, 2.45) is 0 Å². The Hall–Kier alpha value is -6.09. The Kier molecular flexibility index (Phi) is 10.9. The lowest BCUT2D eigenvalue weighted by atomic mass is 9.94. The SMILES string of the molecule is Fc1ccc(-c2ccc(CCc3cc(CCc4ccc(-c5ccc(F)cc5F)nc4)cc(CCc4ccc(-c5ccc(F)cc5F)nc4)c3)cn2)c(F)c1. The van der Waals surface area contributed by atoms with Crippen molar-refractivity contribution in [3.05, 3.63) is 196 Å². The second-order valence-corrected chi connectivity index (χ2v) is 13.2. The van der Waals surface area contributed by atoms with Crippen LogP contribution in [0, 0.1) is 34.9 Å². The summed E-state index contributed by atoms with van der Waals surface area (Å²) in [5.74, 6) is -3.92. The predicted molar refractivity (Wildman–Crippen MR) is 197 cm³/mol. The van der Waals surface area contributed by atoms with Crippen LogP contribution < -0.4 is 0 Å². The lowest BCUT2D eigenvalue weighted by molar-refractivity contribution is 0.584. The van der Waals surface area contributed by atoms with Gasteiger partial charge >= 0.3 is 0 Å². The molecule has 0 N–H and O–H groups in total. The number of hydrogen-bond donors (Lipinski definition) is 0. The zero-order valence-corrected chi connectivity index (χ0v) is 29.0. The van der Waals surface area contributed by atoms with Crippen molar-refractivity contribution < 1.29 is 26.3 Å². The first-order chi connectivity index (χ1) is 26.2. The minimum Gasteiger partial charge on any atom is -0.256 e. The van der Waals surface area contributed by atoms with Gasteiger partial charge in [0.25, 0.3) is 0 Å². The normalized spacial score (nSPS) is 11.2. The number of benzene rings is 4. The molecule has 0 spiro atoms. The largest absolute Gasteiger partial charge is 0.256 e. The lowest BCUT2D eigenvalue weighted by Crippen LogP contribution is -2.01. The third-order valence-corrected chi connectivity index (χ3v) is 9.31. The Morgan fingerprint density at radius 1 is 0.296 bits per heavy atom. The third kappa shape index (κ3) is 8.92. The van der Waals surface area contributed by atoms with Gasteiger partial charge in [0, 0.05) is 53.5 Å². The summed E-state index contributed by atoms with van der Waals surface area (Å²) >= 11 is 0. The van der Waals surface area contributed by atoms with E-state index in [2.05, 4.69) is 33.2 Å². The van der Waals surface area contributed by atoms with Crippen LogP contribution in [0.5, 0.6) is 0 Å². The van der Waals surface area contributed by atoms with Crippen molar-refractivity contribution in [1.82, 2.24) is 15.0 Å². The number of nitrogens with zero attached hydrogens (tertiary/aromatic N) is 3. The maximum absolute atomic E-state index is 14.3. The summed E-state index contributed by atoms with van der Waals surface area (Å²) < 4.78 is 83.1. The van der Waals surface area contributed by atoms with E-state index in [1.54, 1.807) is 36.8 Å². The van der Waals surface area contributed by atoms with E-state index in [0.717, 1.165) is 70.8 Å². The Morgan fingerprint density at radius 3 is 0.815 bits per heavy atom. The number of hydrogen-bond acceptors (Lipinski definition) is 3. The average Bonchev–Trinajstić information content (AvgIpc) is 3.16. The third-order valence-electron chi connectivity index (χ3n) is 9.31. The highest BCUT2D eigenvalue weighted by atomic mass is 19.2. The molecule has 7 rings (SSSR count). The molecule has 3 aromatic heterocycles. The van der Waals surface area contributed by atoms with Crippen molar-refractivity contribution >= 4 is 0 Å². The molecule has 0 saturated heterocycles. The van der Waals surface area contributed by atoms with Crippen LogP contribution in [-0.4, -0.2) is 15.0 Å². The molecule has 7 aromatic rings. The van der Waals surface area contributed by atoms with Gasteiger partial charge in [-0.15, -0.1) is 0 Å².